The van der Waals surface area contributed by atoms with Crippen molar-refractivity contribution >= 4 is 39.3 Å². The van der Waals surface area contributed by atoms with Gasteiger partial charge in [-0.2, -0.15) is 11.8 Å². The van der Waals surface area contributed by atoms with E-state index in [1.807, 2.05) is 24.3 Å². The lowest BCUT2D eigenvalue weighted by atomic mass is 10.1. The van der Waals surface area contributed by atoms with Crippen molar-refractivity contribution in [1.82, 2.24) is 9.62 Å². The number of sulfonamides is 1. The van der Waals surface area contributed by atoms with Crippen LogP contribution in [-0.2, 0) is 15.8 Å². The minimum Gasteiger partial charge on any atom is -0.496 e. The number of nitrogens with zero attached hydrogens (tertiary/aromatic N) is 1. The molecule has 0 unspecified atom stereocenters. The normalized spacial score (nSPS) is 14.1. The summed E-state index contributed by atoms with van der Waals surface area (Å²) >= 11 is 7.59. The number of hydrogen-bond acceptors (Lipinski definition) is 5. The lowest BCUT2D eigenvalue weighted by Gasteiger charge is -2.18. The van der Waals surface area contributed by atoms with Crippen molar-refractivity contribution in [3.05, 3.63) is 58.6 Å². The Morgan fingerprint density at radius 2 is 1.97 bits per heavy atom. The Hall–Kier alpha value is -1.74. The fraction of sp³-hybridized carbons (Fsp3) is 0.381. The summed E-state index contributed by atoms with van der Waals surface area (Å²) in [5.41, 5.74) is 1.37. The van der Waals surface area contributed by atoms with E-state index in [-0.39, 0.29) is 22.9 Å². The van der Waals surface area contributed by atoms with E-state index in [4.69, 9.17) is 16.3 Å². The number of carbonyl (C=O) groups excluding carboxylic acids is 1. The van der Waals surface area contributed by atoms with Gasteiger partial charge in [-0.25, -0.2) is 13.1 Å². The second-order valence-electron chi connectivity index (χ2n) is 6.94. The highest BCUT2D eigenvalue weighted by atomic mass is 35.5. The second-order valence-corrected chi connectivity index (χ2v) is 10.3. The maximum atomic E-state index is 12.8. The first-order valence-corrected chi connectivity index (χ1v) is 12.7. The van der Waals surface area contributed by atoms with Gasteiger partial charge in [0.25, 0.3) is 5.91 Å². The fourth-order valence-corrected chi connectivity index (χ4v) is 5.47. The summed E-state index contributed by atoms with van der Waals surface area (Å²) in [6.07, 6.45) is 1.92. The van der Waals surface area contributed by atoms with E-state index in [0.29, 0.717) is 29.6 Å². The summed E-state index contributed by atoms with van der Waals surface area (Å²) in [6, 6.07) is 12.0. The SMILES string of the molecule is COc1ccc(S(=O)(=O)NCCSCc2cccc(Cl)c2)cc1C(=O)N1CCCC1. The molecule has 2 aromatic rings. The number of carbonyl (C=O) groups is 1. The van der Waals surface area contributed by atoms with Crippen LogP contribution in [0, 0.1) is 0 Å². The molecule has 1 N–H and O–H groups in total. The first-order chi connectivity index (χ1) is 14.4. The zero-order chi connectivity index (χ0) is 21.6. The molecule has 0 aromatic heterocycles. The van der Waals surface area contributed by atoms with Crippen LogP contribution in [0.5, 0.6) is 5.75 Å². The number of rotatable bonds is 9. The van der Waals surface area contributed by atoms with Crippen molar-refractivity contribution in [2.24, 2.45) is 0 Å². The molecule has 0 bridgehead atoms. The fourth-order valence-electron chi connectivity index (χ4n) is 3.26. The lowest BCUT2D eigenvalue weighted by Crippen LogP contribution is -2.29. The molecule has 6 nitrogen and oxygen atoms in total. The molecule has 9 heteroatoms. The predicted molar refractivity (Wildman–Crippen MR) is 121 cm³/mol. The molecule has 0 atom stereocenters. The third-order valence-corrected chi connectivity index (χ3v) is 7.53. The maximum absolute atomic E-state index is 12.8. The summed E-state index contributed by atoms with van der Waals surface area (Å²) in [5, 5.41) is 0.688. The van der Waals surface area contributed by atoms with Crippen LogP contribution in [0.3, 0.4) is 0 Å². The molecule has 1 aliphatic heterocycles. The minimum atomic E-state index is -3.73. The number of ether oxygens (including phenoxy) is 1. The van der Waals surface area contributed by atoms with E-state index in [1.165, 1.54) is 25.3 Å². The molecule has 3 rings (SSSR count). The van der Waals surface area contributed by atoms with Gasteiger partial charge in [-0.15, -0.1) is 0 Å². The Morgan fingerprint density at radius 3 is 2.67 bits per heavy atom. The molecule has 1 heterocycles. The number of hydrogen-bond donors (Lipinski definition) is 1. The third-order valence-electron chi connectivity index (χ3n) is 4.80. The molecular formula is C21H25ClN2O4S2. The Balaban J connectivity index is 1.60. The van der Waals surface area contributed by atoms with Crippen LogP contribution >= 0.6 is 23.4 Å². The molecule has 1 fully saturated rings. The van der Waals surface area contributed by atoms with Gasteiger partial charge in [0.2, 0.25) is 10.0 Å². The van der Waals surface area contributed by atoms with Gasteiger partial charge < -0.3 is 9.64 Å². The Kier molecular flexibility index (Phi) is 8.05. The summed E-state index contributed by atoms with van der Waals surface area (Å²) in [6.45, 7) is 1.65. The number of benzene rings is 2. The molecule has 0 aliphatic carbocycles. The number of likely N-dealkylation sites (tertiary alicyclic amines) is 1. The topological polar surface area (TPSA) is 75.7 Å². The average molecular weight is 469 g/mol. The van der Waals surface area contributed by atoms with E-state index < -0.39 is 10.0 Å². The highest BCUT2D eigenvalue weighted by Crippen LogP contribution is 2.25. The van der Waals surface area contributed by atoms with Crippen molar-refractivity contribution in [3.63, 3.8) is 0 Å². The monoisotopic (exact) mass is 468 g/mol. The van der Waals surface area contributed by atoms with E-state index in [0.717, 1.165) is 24.2 Å². The van der Waals surface area contributed by atoms with Gasteiger partial charge in [0.15, 0.2) is 0 Å². The molecule has 30 heavy (non-hydrogen) atoms. The first kappa shape index (κ1) is 22.9. The van der Waals surface area contributed by atoms with Gasteiger partial charge in [-0.05, 0) is 48.7 Å². The van der Waals surface area contributed by atoms with Gasteiger partial charge in [0.05, 0.1) is 17.6 Å². The molecule has 2 aromatic carbocycles. The molecule has 1 amide bonds. The summed E-state index contributed by atoms with van der Waals surface area (Å²) < 4.78 is 33.3. The maximum Gasteiger partial charge on any atom is 0.257 e. The average Bonchev–Trinajstić information content (AvgIpc) is 3.27. The molecule has 0 saturated carbocycles. The standard InChI is InChI=1S/C21H25ClN2O4S2/c1-28-20-8-7-18(14-19(20)21(25)24-10-2-3-11-24)30(26,27)23-9-12-29-15-16-5-4-6-17(22)13-16/h4-8,13-14,23H,2-3,9-12,15H2,1H3. The summed E-state index contributed by atoms with van der Waals surface area (Å²) in [7, 11) is -2.26. The highest BCUT2D eigenvalue weighted by Gasteiger charge is 2.25. The van der Waals surface area contributed by atoms with Crippen LogP contribution in [0.2, 0.25) is 5.02 Å². The van der Waals surface area contributed by atoms with Gasteiger partial charge in [0, 0.05) is 36.2 Å². The van der Waals surface area contributed by atoms with Gasteiger partial charge in [-0.1, -0.05) is 23.7 Å². The smallest absolute Gasteiger partial charge is 0.257 e. The van der Waals surface area contributed by atoms with Crippen LogP contribution in [0.15, 0.2) is 47.4 Å². The van der Waals surface area contributed by atoms with Crippen LogP contribution in [-0.4, -0.2) is 51.7 Å². The molecular weight excluding hydrogens is 444 g/mol. The minimum absolute atomic E-state index is 0.0608. The lowest BCUT2D eigenvalue weighted by molar-refractivity contribution is 0.0789. The van der Waals surface area contributed by atoms with Crippen molar-refractivity contribution in [2.45, 2.75) is 23.5 Å². The van der Waals surface area contributed by atoms with E-state index >= 15 is 0 Å². The summed E-state index contributed by atoms with van der Waals surface area (Å²) in [5.74, 6) is 1.54. The van der Waals surface area contributed by atoms with Crippen LogP contribution in [0.25, 0.3) is 0 Å². The van der Waals surface area contributed by atoms with E-state index in [2.05, 4.69) is 4.72 Å². The van der Waals surface area contributed by atoms with Gasteiger partial charge in [0.1, 0.15) is 5.75 Å². The van der Waals surface area contributed by atoms with Crippen molar-refractivity contribution in [2.75, 3.05) is 32.5 Å². The Labute approximate surface area is 187 Å². The number of thioether (sulfide) groups is 1. The predicted octanol–water partition coefficient (Wildman–Crippen LogP) is 3.80. The highest BCUT2D eigenvalue weighted by molar-refractivity contribution is 7.98. The van der Waals surface area contributed by atoms with Crippen molar-refractivity contribution in [1.29, 1.82) is 0 Å². The molecule has 0 spiro atoms. The largest absolute Gasteiger partial charge is 0.496 e. The molecule has 0 radical (unpaired) electrons. The van der Waals surface area contributed by atoms with Crippen molar-refractivity contribution in [3.8, 4) is 5.75 Å². The van der Waals surface area contributed by atoms with E-state index in [1.54, 1.807) is 16.7 Å². The van der Waals surface area contributed by atoms with Gasteiger partial charge in [-0.3, -0.25) is 4.79 Å². The number of methoxy groups -OCH3 is 1. The van der Waals surface area contributed by atoms with Crippen molar-refractivity contribution < 1.29 is 17.9 Å². The third kappa shape index (κ3) is 5.91. The first-order valence-electron chi connectivity index (χ1n) is 9.70. The summed E-state index contributed by atoms with van der Waals surface area (Å²) in [4.78, 5) is 14.6. The van der Waals surface area contributed by atoms with Crippen LogP contribution in [0.4, 0.5) is 0 Å². The number of nitrogens with one attached hydrogen (secondary N) is 1. The quantitative estimate of drug-likeness (QED) is 0.566. The molecule has 1 aliphatic rings. The molecule has 1 saturated heterocycles. The van der Waals surface area contributed by atoms with Crippen LogP contribution in [0.1, 0.15) is 28.8 Å². The van der Waals surface area contributed by atoms with E-state index in [9.17, 15) is 13.2 Å². The second kappa shape index (κ2) is 10.5. The number of halogens is 1. The zero-order valence-corrected chi connectivity index (χ0v) is 19.2. The number of amides is 1. The Bertz CT molecular complexity index is 992. The zero-order valence-electron chi connectivity index (χ0n) is 16.8. The van der Waals surface area contributed by atoms with Gasteiger partial charge >= 0.3 is 0 Å². The van der Waals surface area contributed by atoms with Crippen LogP contribution < -0.4 is 9.46 Å². The molecule has 162 valence electrons. The Morgan fingerprint density at radius 1 is 1.20 bits per heavy atom.